The summed E-state index contributed by atoms with van der Waals surface area (Å²) in [5, 5.41) is 2.99. The number of carbonyl (C=O) groups excluding carboxylic acids is 1. The van der Waals surface area contributed by atoms with Crippen LogP contribution in [0.25, 0.3) is 0 Å². The Kier molecular flexibility index (Phi) is 4.95. The largest absolute Gasteiger partial charge is 0.346 e. The molecule has 0 fully saturated rings. The fraction of sp³-hybridized carbons (Fsp3) is 0.350. The highest BCUT2D eigenvalue weighted by atomic mass is 32.2. The van der Waals surface area contributed by atoms with Gasteiger partial charge < -0.3 is 5.32 Å². The van der Waals surface area contributed by atoms with Crippen molar-refractivity contribution in [3.63, 3.8) is 0 Å². The molecular formula is C20H23NO3S. The number of benzene rings is 2. The van der Waals surface area contributed by atoms with Gasteiger partial charge in [0.2, 0.25) is 0 Å². The Morgan fingerprint density at radius 1 is 1.00 bits per heavy atom. The second kappa shape index (κ2) is 7.00. The predicted molar refractivity (Wildman–Crippen MR) is 98.5 cm³/mol. The van der Waals surface area contributed by atoms with Gasteiger partial charge in [-0.1, -0.05) is 18.2 Å². The lowest BCUT2D eigenvalue weighted by atomic mass is 9.90. The van der Waals surface area contributed by atoms with Crippen LogP contribution >= 0.6 is 0 Å². The molecule has 0 radical (unpaired) electrons. The Morgan fingerprint density at radius 2 is 1.64 bits per heavy atom. The van der Waals surface area contributed by atoms with Crippen LogP contribution < -0.4 is 5.32 Å². The van der Waals surface area contributed by atoms with E-state index >= 15 is 0 Å². The molecule has 1 aliphatic rings. The van der Waals surface area contributed by atoms with Crippen molar-refractivity contribution in [1.82, 2.24) is 5.32 Å². The van der Waals surface area contributed by atoms with Crippen LogP contribution in [0.15, 0.2) is 47.4 Å². The summed E-state index contributed by atoms with van der Waals surface area (Å²) in [5.41, 5.74) is 4.19. The Morgan fingerprint density at radius 3 is 2.28 bits per heavy atom. The van der Waals surface area contributed by atoms with Crippen molar-refractivity contribution < 1.29 is 13.2 Å². The molecule has 1 N–H and O–H groups in total. The third-order valence-electron chi connectivity index (χ3n) is 4.77. The molecule has 1 unspecified atom stereocenters. The van der Waals surface area contributed by atoms with Crippen LogP contribution in [0.2, 0.25) is 0 Å². The van der Waals surface area contributed by atoms with Crippen LogP contribution in [-0.2, 0) is 22.7 Å². The molecule has 2 aromatic carbocycles. The van der Waals surface area contributed by atoms with Gasteiger partial charge >= 0.3 is 0 Å². The van der Waals surface area contributed by atoms with E-state index in [2.05, 4.69) is 11.4 Å². The van der Waals surface area contributed by atoms with Gasteiger partial charge in [0, 0.05) is 11.8 Å². The van der Waals surface area contributed by atoms with E-state index in [-0.39, 0.29) is 16.8 Å². The van der Waals surface area contributed by atoms with Crippen molar-refractivity contribution >= 4 is 15.7 Å². The monoisotopic (exact) mass is 357 g/mol. The Balaban J connectivity index is 1.72. The first-order chi connectivity index (χ1) is 11.8. The first-order valence-corrected chi connectivity index (χ1v) is 10.5. The summed E-state index contributed by atoms with van der Waals surface area (Å²) in [5.74, 6) is -0.104. The highest BCUT2D eigenvalue weighted by Gasteiger charge is 2.16. The second-order valence-corrected chi connectivity index (χ2v) is 8.74. The second-order valence-electron chi connectivity index (χ2n) is 6.73. The number of amides is 1. The molecule has 3 rings (SSSR count). The molecule has 1 atom stereocenters. The molecule has 0 aromatic heterocycles. The molecule has 0 bridgehead atoms. The van der Waals surface area contributed by atoms with Crippen molar-refractivity contribution in [2.45, 2.75) is 43.5 Å². The number of fused-ring (bicyclic) bond motifs is 1. The zero-order valence-electron chi connectivity index (χ0n) is 14.6. The Labute approximate surface area is 149 Å². The summed E-state index contributed by atoms with van der Waals surface area (Å²) < 4.78 is 23.0. The van der Waals surface area contributed by atoms with Gasteiger partial charge in [0.25, 0.3) is 5.91 Å². The van der Waals surface area contributed by atoms with Gasteiger partial charge in [-0.25, -0.2) is 8.42 Å². The lowest BCUT2D eigenvalue weighted by Gasteiger charge is -2.18. The van der Waals surface area contributed by atoms with Gasteiger partial charge in [-0.15, -0.1) is 0 Å². The third-order valence-corrected chi connectivity index (χ3v) is 5.90. The zero-order valence-corrected chi connectivity index (χ0v) is 15.4. The third kappa shape index (κ3) is 4.10. The molecule has 0 saturated carbocycles. The average Bonchev–Trinajstić information content (AvgIpc) is 2.60. The van der Waals surface area contributed by atoms with E-state index in [0.29, 0.717) is 5.56 Å². The average molecular weight is 357 g/mol. The molecule has 0 saturated heterocycles. The van der Waals surface area contributed by atoms with Crippen molar-refractivity contribution in [2.24, 2.45) is 0 Å². The summed E-state index contributed by atoms with van der Waals surface area (Å²) in [4.78, 5) is 12.8. The molecular weight excluding hydrogens is 334 g/mol. The van der Waals surface area contributed by atoms with E-state index in [0.717, 1.165) is 18.4 Å². The van der Waals surface area contributed by atoms with Crippen LogP contribution in [0.3, 0.4) is 0 Å². The summed E-state index contributed by atoms with van der Waals surface area (Å²) in [7, 11) is -3.21. The summed E-state index contributed by atoms with van der Waals surface area (Å²) in [6.07, 6.45) is 5.72. The molecule has 0 spiro atoms. The molecule has 4 nitrogen and oxygen atoms in total. The number of hydrogen-bond acceptors (Lipinski definition) is 3. The molecule has 25 heavy (non-hydrogen) atoms. The summed E-state index contributed by atoms with van der Waals surface area (Å²) >= 11 is 0. The zero-order chi connectivity index (χ0) is 18.0. The molecule has 0 aliphatic heterocycles. The minimum Gasteiger partial charge on any atom is -0.346 e. The predicted octanol–water partition coefficient (Wildman–Crippen LogP) is 3.46. The molecule has 5 heteroatoms. The van der Waals surface area contributed by atoms with E-state index in [1.54, 1.807) is 24.3 Å². The minimum atomic E-state index is -3.21. The first kappa shape index (κ1) is 17.7. The van der Waals surface area contributed by atoms with Gasteiger partial charge in [0.05, 0.1) is 10.9 Å². The lowest BCUT2D eigenvalue weighted by molar-refractivity contribution is 0.0939. The minimum absolute atomic E-state index is 0.104. The van der Waals surface area contributed by atoms with Crippen LogP contribution in [0, 0.1) is 0 Å². The number of aryl methyl sites for hydroxylation is 2. The smallest absolute Gasteiger partial charge is 0.251 e. The SMILES string of the molecule is CC(NC(=O)c1ccc2c(c1)CCCC2)c1ccc(S(C)(=O)=O)cc1. The van der Waals surface area contributed by atoms with Gasteiger partial charge in [0.1, 0.15) is 0 Å². The molecule has 132 valence electrons. The van der Waals surface area contributed by atoms with Crippen LogP contribution in [0.1, 0.15) is 52.9 Å². The molecule has 1 amide bonds. The van der Waals surface area contributed by atoms with Crippen LogP contribution in [-0.4, -0.2) is 20.6 Å². The number of sulfone groups is 1. The maximum atomic E-state index is 12.5. The highest BCUT2D eigenvalue weighted by molar-refractivity contribution is 7.90. The van der Waals surface area contributed by atoms with Gasteiger partial charge in [-0.05, 0) is 73.6 Å². The first-order valence-electron chi connectivity index (χ1n) is 8.57. The van der Waals surface area contributed by atoms with Gasteiger partial charge in [-0.3, -0.25) is 4.79 Å². The topological polar surface area (TPSA) is 63.2 Å². The lowest BCUT2D eigenvalue weighted by Crippen LogP contribution is -2.27. The van der Waals surface area contributed by atoms with Crippen molar-refractivity contribution in [3.05, 3.63) is 64.7 Å². The molecule has 0 heterocycles. The maximum absolute atomic E-state index is 12.5. The Hall–Kier alpha value is -2.14. The van der Waals surface area contributed by atoms with Gasteiger partial charge in [-0.2, -0.15) is 0 Å². The fourth-order valence-electron chi connectivity index (χ4n) is 3.24. The fourth-order valence-corrected chi connectivity index (χ4v) is 3.87. The number of hydrogen-bond donors (Lipinski definition) is 1. The normalized spacial score (nSPS) is 15.3. The standard InChI is InChI=1S/C20H23NO3S/c1-14(15-9-11-19(12-10-15)25(2,23)24)21-20(22)18-8-7-16-5-3-4-6-17(16)13-18/h7-14H,3-6H2,1-2H3,(H,21,22). The molecule has 2 aromatic rings. The van der Waals surface area contributed by atoms with E-state index in [1.807, 2.05) is 19.1 Å². The van der Waals surface area contributed by atoms with Crippen molar-refractivity contribution in [3.8, 4) is 0 Å². The van der Waals surface area contributed by atoms with E-state index in [1.165, 1.54) is 30.2 Å². The van der Waals surface area contributed by atoms with Crippen LogP contribution in [0.4, 0.5) is 0 Å². The van der Waals surface area contributed by atoms with Crippen molar-refractivity contribution in [2.75, 3.05) is 6.26 Å². The summed E-state index contributed by atoms with van der Waals surface area (Å²) in [6, 6.07) is 12.4. The van der Waals surface area contributed by atoms with Crippen LogP contribution in [0.5, 0.6) is 0 Å². The van der Waals surface area contributed by atoms with Crippen molar-refractivity contribution in [1.29, 1.82) is 0 Å². The maximum Gasteiger partial charge on any atom is 0.251 e. The van der Waals surface area contributed by atoms with E-state index in [4.69, 9.17) is 0 Å². The molecule has 1 aliphatic carbocycles. The van der Waals surface area contributed by atoms with E-state index < -0.39 is 9.84 Å². The quantitative estimate of drug-likeness (QED) is 0.911. The number of nitrogens with one attached hydrogen (secondary N) is 1. The van der Waals surface area contributed by atoms with Gasteiger partial charge in [0.15, 0.2) is 9.84 Å². The highest BCUT2D eigenvalue weighted by Crippen LogP contribution is 2.23. The number of rotatable bonds is 4. The number of carbonyl (C=O) groups is 1. The summed E-state index contributed by atoms with van der Waals surface area (Å²) in [6.45, 7) is 1.89. The Bertz CT molecular complexity index is 886. The van der Waals surface area contributed by atoms with E-state index in [9.17, 15) is 13.2 Å².